The minimum absolute atomic E-state index is 0.174. The number of hydroxylamine groups is 1. The van der Waals surface area contributed by atoms with E-state index in [9.17, 15) is 24.5 Å². The minimum Gasteiger partial charge on any atom is -0.497 e. The number of fused-ring (bicyclic) bond motifs is 1. The van der Waals surface area contributed by atoms with Gasteiger partial charge in [-0.3, -0.25) is 24.5 Å². The van der Waals surface area contributed by atoms with Gasteiger partial charge in [-0.15, -0.1) is 0 Å². The number of methoxy groups -OCH3 is 1. The molecule has 11 heteroatoms. The Morgan fingerprint density at radius 2 is 1.52 bits per heavy atom. The first-order valence-corrected chi connectivity index (χ1v) is 13.0. The number of imide groups is 1. The molecular formula is C31H23N3O8. The number of carbonyl (C=O) groups excluding carboxylic acids is 3. The van der Waals surface area contributed by atoms with Crippen molar-refractivity contribution in [3.05, 3.63) is 124 Å². The number of nitro benzene ring substituents is 1. The second kappa shape index (κ2) is 10.8. The highest BCUT2D eigenvalue weighted by Gasteiger charge is 2.60. The molecule has 42 heavy (non-hydrogen) atoms. The predicted octanol–water partition coefficient (Wildman–Crippen LogP) is 4.87. The summed E-state index contributed by atoms with van der Waals surface area (Å²) in [5.74, 6) is -1.68. The molecule has 2 saturated heterocycles. The van der Waals surface area contributed by atoms with E-state index in [1.807, 2.05) is 0 Å². The number of esters is 1. The first kappa shape index (κ1) is 26.7. The van der Waals surface area contributed by atoms with E-state index in [1.165, 1.54) is 30.4 Å². The molecule has 2 aliphatic rings. The van der Waals surface area contributed by atoms with Crippen molar-refractivity contribution in [1.29, 1.82) is 0 Å². The lowest BCUT2D eigenvalue weighted by Gasteiger charge is -2.28. The van der Waals surface area contributed by atoms with Crippen LogP contribution in [0.25, 0.3) is 0 Å². The van der Waals surface area contributed by atoms with Crippen molar-refractivity contribution in [2.75, 3.05) is 17.1 Å². The highest BCUT2D eigenvalue weighted by atomic mass is 16.7. The van der Waals surface area contributed by atoms with Crippen molar-refractivity contribution in [3.63, 3.8) is 0 Å². The number of benzene rings is 4. The summed E-state index contributed by atoms with van der Waals surface area (Å²) in [5, 5.41) is 12.8. The molecule has 4 aromatic carbocycles. The van der Waals surface area contributed by atoms with Crippen molar-refractivity contribution in [2.45, 2.75) is 12.1 Å². The molecule has 0 aliphatic carbocycles. The molecule has 2 heterocycles. The lowest BCUT2D eigenvalue weighted by molar-refractivity contribution is -0.384. The molecule has 0 aromatic heterocycles. The molecule has 11 nitrogen and oxygen atoms in total. The van der Waals surface area contributed by atoms with Crippen molar-refractivity contribution < 1.29 is 33.6 Å². The number of carbonyl (C=O) groups is 3. The van der Waals surface area contributed by atoms with Crippen molar-refractivity contribution in [1.82, 2.24) is 0 Å². The molecule has 0 spiro atoms. The van der Waals surface area contributed by atoms with Gasteiger partial charge >= 0.3 is 5.97 Å². The fourth-order valence-electron chi connectivity index (χ4n) is 5.18. The van der Waals surface area contributed by atoms with E-state index in [0.717, 1.165) is 4.90 Å². The van der Waals surface area contributed by atoms with Gasteiger partial charge in [0.25, 0.3) is 11.6 Å². The maximum Gasteiger partial charge on any atom is 0.343 e. The number of hydrogen-bond donors (Lipinski definition) is 0. The quantitative estimate of drug-likeness (QED) is 0.101. The minimum atomic E-state index is -1.17. The van der Waals surface area contributed by atoms with Gasteiger partial charge in [-0.2, -0.15) is 0 Å². The molecule has 0 bridgehead atoms. The number of nitrogens with zero attached hydrogens (tertiary/aromatic N) is 3. The van der Waals surface area contributed by atoms with Gasteiger partial charge in [0.15, 0.2) is 6.10 Å². The van der Waals surface area contributed by atoms with E-state index in [1.54, 1.807) is 84.9 Å². The largest absolute Gasteiger partial charge is 0.497 e. The second-order valence-corrected chi connectivity index (χ2v) is 9.63. The maximum absolute atomic E-state index is 13.8. The van der Waals surface area contributed by atoms with Gasteiger partial charge in [0, 0.05) is 12.1 Å². The van der Waals surface area contributed by atoms with Crippen LogP contribution in [0.5, 0.6) is 11.5 Å². The molecule has 0 radical (unpaired) electrons. The summed E-state index contributed by atoms with van der Waals surface area (Å²) in [6.07, 6.45) is -1.17. The number of amides is 2. The van der Waals surface area contributed by atoms with E-state index < -0.39 is 40.8 Å². The van der Waals surface area contributed by atoms with Crippen LogP contribution in [0.3, 0.4) is 0 Å². The number of ether oxygens (including phenoxy) is 2. The topological polar surface area (TPSA) is 129 Å². The summed E-state index contributed by atoms with van der Waals surface area (Å²) >= 11 is 0. The van der Waals surface area contributed by atoms with E-state index in [-0.39, 0.29) is 11.4 Å². The number of hydrogen-bond acceptors (Lipinski definition) is 9. The first-order chi connectivity index (χ1) is 20.4. The molecule has 3 atom stereocenters. The summed E-state index contributed by atoms with van der Waals surface area (Å²) < 4.78 is 10.7. The van der Waals surface area contributed by atoms with E-state index in [2.05, 4.69) is 0 Å². The van der Waals surface area contributed by atoms with Gasteiger partial charge in [0.05, 0.1) is 35.0 Å². The number of nitro groups is 1. The highest BCUT2D eigenvalue weighted by molar-refractivity contribution is 6.24. The average Bonchev–Trinajstić information content (AvgIpc) is 3.53. The summed E-state index contributed by atoms with van der Waals surface area (Å²) in [6, 6.07) is 26.5. The molecule has 0 saturated carbocycles. The van der Waals surface area contributed by atoms with E-state index >= 15 is 0 Å². The SMILES string of the molecule is COc1ccc(N2C(=O)[C@H]3[C@@H](c4ccc(OC(=O)c5ccccc5)cc4)N(c4cccc([N+](=O)[O-])c4)O[C@H]3C2=O)cc1. The molecule has 4 aromatic rings. The van der Waals surface area contributed by atoms with Gasteiger partial charge in [-0.1, -0.05) is 36.4 Å². The first-order valence-electron chi connectivity index (χ1n) is 13.0. The Hall–Kier alpha value is -5.55. The lowest BCUT2D eigenvalue weighted by Crippen LogP contribution is -2.37. The molecule has 0 N–H and O–H groups in total. The van der Waals surface area contributed by atoms with Crippen LogP contribution in [-0.4, -0.2) is 35.9 Å². The third kappa shape index (κ3) is 4.71. The van der Waals surface area contributed by atoms with Crippen LogP contribution >= 0.6 is 0 Å². The second-order valence-electron chi connectivity index (χ2n) is 9.63. The average molecular weight is 566 g/mol. The molecule has 6 rings (SSSR count). The zero-order valence-electron chi connectivity index (χ0n) is 22.2. The third-order valence-corrected chi connectivity index (χ3v) is 7.18. The van der Waals surface area contributed by atoms with Crippen molar-refractivity contribution in [2.24, 2.45) is 5.92 Å². The standard InChI is InChI=1S/C31H23N3O8/c1-40-24-16-12-21(13-17-24)32-29(35)26-27(19-10-14-25(15-11-19)41-31(37)20-6-3-2-4-7-20)33(42-28(26)30(32)36)22-8-5-9-23(18-22)34(38)39/h2-18,26-28H,1H3/t26-,27+,28+/m0/s1. The Kier molecular flexibility index (Phi) is 6.85. The molecular weight excluding hydrogens is 542 g/mol. The summed E-state index contributed by atoms with van der Waals surface area (Å²) in [6.45, 7) is 0. The lowest BCUT2D eigenvalue weighted by atomic mass is 9.90. The maximum atomic E-state index is 13.8. The van der Waals surface area contributed by atoms with Crippen molar-refractivity contribution in [3.8, 4) is 11.5 Å². The number of anilines is 2. The molecule has 2 fully saturated rings. The molecule has 2 aliphatic heterocycles. The Morgan fingerprint density at radius 1 is 0.833 bits per heavy atom. The smallest absolute Gasteiger partial charge is 0.343 e. The third-order valence-electron chi connectivity index (χ3n) is 7.18. The van der Waals surface area contributed by atoms with Crippen molar-refractivity contribution >= 4 is 34.8 Å². The summed E-state index contributed by atoms with van der Waals surface area (Å²) in [7, 11) is 1.51. The monoisotopic (exact) mass is 565 g/mol. The fourth-order valence-corrected chi connectivity index (χ4v) is 5.18. The number of non-ortho nitro benzene ring substituents is 1. The van der Waals surface area contributed by atoms with Crippen LogP contribution < -0.4 is 19.4 Å². The summed E-state index contributed by atoms with van der Waals surface area (Å²) in [4.78, 5) is 58.0. The number of rotatable bonds is 7. The van der Waals surface area contributed by atoms with Crippen LogP contribution in [0.2, 0.25) is 0 Å². The Morgan fingerprint density at radius 3 is 2.19 bits per heavy atom. The molecule has 210 valence electrons. The van der Waals surface area contributed by atoms with Gasteiger partial charge in [-0.25, -0.2) is 14.8 Å². The van der Waals surface area contributed by atoms with Gasteiger partial charge in [0.2, 0.25) is 5.91 Å². The summed E-state index contributed by atoms with van der Waals surface area (Å²) in [5.41, 5.74) is 1.46. The zero-order chi connectivity index (χ0) is 29.4. The Labute approximate surface area is 239 Å². The molecule has 0 unspecified atom stereocenters. The highest BCUT2D eigenvalue weighted by Crippen LogP contribution is 2.48. The van der Waals surface area contributed by atoms with Gasteiger partial charge in [-0.05, 0) is 60.2 Å². The van der Waals surface area contributed by atoms with Crippen LogP contribution in [0, 0.1) is 16.0 Å². The normalized spacial score (nSPS) is 19.5. The van der Waals surface area contributed by atoms with Crippen LogP contribution in [0.1, 0.15) is 22.0 Å². The van der Waals surface area contributed by atoms with Gasteiger partial charge in [0.1, 0.15) is 17.4 Å². The zero-order valence-corrected chi connectivity index (χ0v) is 22.2. The van der Waals surface area contributed by atoms with Crippen LogP contribution in [0.15, 0.2) is 103 Å². The van der Waals surface area contributed by atoms with E-state index in [0.29, 0.717) is 28.3 Å². The van der Waals surface area contributed by atoms with Crippen LogP contribution in [0.4, 0.5) is 17.1 Å². The van der Waals surface area contributed by atoms with Gasteiger partial charge < -0.3 is 9.47 Å². The molecule has 2 amide bonds. The predicted molar refractivity (Wildman–Crippen MR) is 150 cm³/mol. The fraction of sp³-hybridized carbons (Fsp3) is 0.129. The Balaban J connectivity index is 1.35. The van der Waals surface area contributed by atoms with Crippen LogP contribution in [-0.2, 0) is 14.4 Å². The Bertz CT molecular complexity index is 1670. The van der Waals surface area contributed by atoms with E-state index in [4.69, 9.17) is 14.3 Å².